The van der Waals surface area contributed by atoms with Crippen LogP contribution < -0.4 is 10.2 Å². The van der Waals surface area contributed by atoms with Crippen molar-refractivity contribution in [3.63, 3.8) is 0 Å². The summed E-state index contributed by atoms with van der Waals surface area (Å²) in [7, 11) is 1.79. The Labute approximate surface area is 352 Å². The Morgan fingerprint density at radius 1 is 0.897 bits per heavy atom. The number of hydrogen-bond acceptors (Lipinski definition) is 8. The number of carbonyl (C=O) groups excluding carboxylic acids is 1. The number of carbonyl (C=O) groups is 1. The van der Waals surface area contributed by atoms with E-state index in [1.54, 1.807) is 11.9 Å². The molecule has 0 fully saturated rings. The van der Waals surface area contributed by atoms with Crippen LogP contribution in [0.25, 0.3) is 0 Å². The highest BCUT2D eigenvalue weighted by molar-refractivity contribution is 7.79. The summed E-state index contributed by atoms with van der Waals surface area (Å²) in [5, 5.41) is 15.5. The molecule has 58 heavy (non-hydrogen) atoms. The molecule has 5 N–H and O–H groups in total. The van der Waals surface area contributed by atoms with Crippen LogP contribution in [-0.4, -0.2) is 76.3 Å². The van der Waals surface area contributed by atoms with Crippen LogP contribution in [0.1, 0.15) is 118 Å². The van der Waals surface area contributed by atoms with Crippen molar-refractivity contribution in [1.29, 1.82) is 0 Å². The first-order valence-corrected chi connectivity index (χ1v) is 22.8. The highest BCUT2D eigenvalue weighted by Gasteiger charge is 2.39. The number of allylic oxidation sites excluding steroid dienone is 7. The topological polar surface area (TPSA) is 160 Å². The second-order valence-corrected chi connectivity index (χ2v) is 18.5. The molecule has 324 valence electrons. The normalized spacial score (nSPS) is 17.4. The van der Waals surface area contributed by atoms with E-state index in [4.69, 9.17) is 19.8 Å². The van der Waals surface area contributed by atoms with E-state index in [9.17, 15) is 17.8 Å². The molecule has 1 aliphatic heterocycles. The quantitative estimate of drug-likeness (QED) is 0.0449. The summed E-state index contributed by atoms with van der Waals surface area (Å²) in [5.41, 5.74) is 7.76. The number of amides is 1. The number of unbranched alkanes of at least 4 members (excludes halogenated alkanes) is 2. The number of fused-ring (bicyclic) bond motifs is 1. The van der Waals surface area contributed by atoms with Gasteiger partial charge in [-0.15, -0.1) is 0 Å². The van der Waals surface area contributed by atoms with E-state index in [0.717, 1.165) is 79.1 Å². The molecule has 13 heteroatoms. The molecule has 0 saturated carbocycles. The summed E-state index contributed by atoms with van der Waals surface area (Å²) in [6, 6.07) is 16.8. The van der Waals surface area contributed by atoms with Gasteiger partial charge in [0, 0.05) is 54.1 Å². The van der Waals surface area contributed by atoms with Crippen LogP contribution in [0.4, 0.5) is 16.2 Å². The van der Waals surface area contributed by atoms with Crippen molar-refractivity contribution < 1.29 is 37.6 Å². The Bertz CT molecular complexity index is 1810. The molecule has 1 amide bonds. The maximum atomic E-state index is 13.5. The SMILES string of the molecule is CC.CN(C(=O)OC(C)(C)C)C1=C(/C=C/CC(C)(C)c2ccccc2NCCCCS(=O)O)CC/C1=C\C=C1\N(CCCCS(=O)O)c2ccccc2C1(C)C.OO. The molecule has 1 heterocycles. The Balaban J connectivity index is 0.00000281. The van der Waals surface area contributed by atoms with Gasteiger partial charge in [0.25, 0.3) is 0 Å². The standard InChI is InChI=1S/C43H61N3O6S2.C2H6.H2O2/c1-41(2,3)52-40(47)45(8)39-32(18-17-27-42(4,5)34-19-9-11-21-36(34)44-28-13-15-30-53(48)49)23-24-33(39)25-26-38-43(6,7)35-20-10-12-22-37(35)46(38)29-14-16-31-54(50)51;2*1-2/h9-12,17-22,25-26,44H,13-16,23-24,27-31H2,1-8H3,(H,48,49)(H,50,51);1-2H3;1-2H/b18-17+,33-25+,38-26+;;. The summed E-state index contributed by atoms with van der Waals surface area (Å²) < 4.78 is 46.6. The van der Waals surface area contributed by atoms with Gasteiger partial charge in [-0.2, -0.15) is 0 Å². The Morgan fingerprint density at radius 2 is 1.50 bits per heavy atom. The van der Waals surface area contributed by atoms with Crippen LogP contribution >= 0.6 is 0 Å². The molecule has 0 bridgehead atoms. The molecular weight excluding hydrogens is 775 g/mol. The van der Waals surface area contributed by atoms with Gasteiger partial charge in [0.2, 0.25) is 0 Å². The maximum absolute atomic E-state index is 13.5. The molecule has 2 atom stereocenters. The van der Waals surface area contributed by atoms with Crippen LogP contribution in [0, 0.1) is 0 Å². The monoisotopic (exact) mass is 843 g/mol. The second kappa shape index (κ2) is 23.9. The van der Waals surface area contributed by atoms with E-state index in [2.05, 4.69) is 105 Å². The summed E-state index contributed by atoms with van der Waals surface area (Å²) in [4.78, 5) is 17.5. The average molecular weight is 844 g/mol. The predicted molar refractivity (Wildman–Crippen MR) is 241 cm³/mol. The highest BCUT2D eigenvalue weighted by atomic mass is 32.2. The first kappa shape index (κ1) is 50.6. The summed E-state index contributed by atoms with van der Waals surface area (Å²) >= 11 is -3.56. The van der Waals surface area contributed by atoms with Crippen LogP contribution in [0.5, 0.6) is 0 Å². The van der Waals surface area contributed by atoms with Crippen LogP contribution in [-0.2, 0) is 37.7 Å². The smallest absolute Gasteiger partial charge is 0.414 e. The minimum Gasteiger partial charge on any atom is -0.443 e. The van der Waals surface area contributed by atoms with Gasteiger partial charge in [-0.1, -0.05) is 96.2 Å². The highest BCUT2D eigenvalue weighted by Crippen LogP contribution is 2.48. The summed E-state index contributed by atoms with van der Waals surface area (Å²) in [6.07, 6.45) is 13.6. The molecule has 2 aliphatic rings. The van der Waals surface area contributed by atoms with Crippen molar-refractivity contribution in [1.82, 2.24) is 4.90 Å². The molecule has 4 rings (SSSR count). The molecule has 0 saturated heterocycles. The first-order chi connectivity index (χ1) is 27.4. The number of nitrogens with one attached hydrogen (secondary N) is 1. The van der Waals surface area contributed by atoms with E-state index in [-0.39, 0.29) is 22.3 Å². The molecule has 0 aromatic heterocycles. The third-order valence-electron chi connectivity index (χ3n) is 10.1. The zero-order chi connectivity index (χ0) is 43.7. The molecule has 2 aromatic carbocycles. The Morgan fingerprint density at radius 3 is 2.14 bits per heavy atom. The van der Waals surface area contributed by atoms with Crippen LogP contribution in [0.15, 0.2) is 95.4 Å². The lowest BCUT2D eigenvalue weighted by atomic mass is 9.80. The van der Waals surface area contributed by atoms with Gasteiger partial charge >= 0.3 is 6.09 Å². The molecule has 2 aromatic rings. The Hall–Kier alpha value is -3.59. The van der Waals surface area contributed by atoms with Gasteiger partial charge in [0.05, 0.1) is 5.70 Å². The number of rotatable bonds is 17. The Kier molecular flexibility index (Phi) is 20.8. The maximum Gasteiger partial charge on any atom is 0.414 e. The van der Waals surface area contributed by atoms with Gasteiger partial charge in [0.1, 0.15) is 5.60 Å². The molecule has 0 spiro atoms. The molecule has 11 nitrogen and oxygen atoms in total. The zero-order valence-electron chi connectivity index (χ0n) is 36.3. The van der Waals surface area contributed by atoms with Crippen molar-refractivity contribution in [3.05, 3.63) is 107 Å². The van der Waals surface area contributed by atoms with Gasteiger partial charge < -0.3 is 24.1 Å². The number of anilines is 2. The lowest BCUT2D eigenvalue weighted by molar-refractivity contribution is -0.176. The minimum atomic E-state index is -1.80. The lowest BCUT2D eigenvalue weighted by Crippen LogP contribution is -2.34. The zero-order valence-corrected chi connectivity index (χ0v) is 38.0. The number of ether oxygens (including phenoxy) is 1. The fourth-order valence-corrected chi connectivity index (χ4v) is 8.26. The largest absolute Gasteiger partial charge is 0.443 e. The first-order valence-electron chi connectivity index (χ1n) is 20.3. The van der Waals surface area contributed by atoms with E-state index in [0.29, 0.717) is 12.8 Å². The van der Waals surface area contributed by atoms with Crippen LogP contribution in [0.3, 0.4) is 0 Å². The molecular formula is C45H69N3O8S2. The molecule has 2 unspecified atom stereocenters. The fourth-order valence-electron chi connectivity index (χ4n) is 7.35. The number of hydrogen-bond donors (Lipinski definition) is 5. The van der Waals surface area contributed by atoms with Crippen molar-refractivity contribution in [3.8, 4) is 0 Å². The van der Waals surface area contributed by atoms with E-state index in [1.807, 2.05) is 40.7 Å². The van der Waals surface area contributed by atoms with E-state index < -0.39 is 33.9 Å². The van der Waals surface area contributed by atoms with Gasteiger partial charge in [-0.25, -0.2) is 13.2 Å². The van der Waals surface area contributed by atoms with E-state index >= 15 is 0 Å². The number of benzene rings is 2. The second-order valence-electron chi connectivity index (χ2n) is 16.4. The molecule has 1 aliphatic carbocycles. The van der Waals surface area contributed by atoms with Crippen molar-refractivity contribution in [2.75, 3.05) is 41.9 Å². The number of likely N-dealkylation sites (N-methyl/N-ethyl adjacent to an activating group) is 1. The van der Waals surface area contributed by atoms with Crippen LogP contribution in [0.2, 0.25) is 0 Å². The number of nitrogens with zero attached hydrogens (tertiary/aromatic N) is 2. The van der Waals surface area contributed by atoms with Gasteiger partial charge in [0.15, 0.2) is 22.2 Å². The van der Waals surface area contributed by atoms with Crippen molar-refractivity contribution in [2.24, 2.45) is 0 Å². The third kappa shape index (κ3) is 14.6. The number of para-hydroxylation sites is 2. The lowest BCUT2D eigenvalue weighted by Gasteiger charge is -2.28. The fraction of sp³-hybridized carbons (Fsp3) is 0.533. The predicted octanol–water partition coefficient (Wildman–Crippen LogP) is 10.9. The van der Waals surface area contributed by atoms with E-state index in [1.165, 1.54) is 11.1 Å². The average Bonchev–Trinajstić information content (AvgIpc) is 3.67. The summed E-state index contributed by atoms with van der Waals surface area (Å²) in [6.45, 7) is 20.0. The summed E-state index contributed by atoms with van der Waals surface area (Å²) in [5.74, 6) is 0.553. The van der Waals surface area contributed by atoms with Crippen molar-refractivity contribution in [2.45, 2.75) is 124 Å². The third-order valence-corrected chi connectivity index (χ3v) is 11.4. The minimum absolute atomic E-state index is 0.190. The van der Waals surface area contributed by atoms with Gasteiger partial charge in [-0.05, 0) is 112 Å². The van der Waals surface area contributed by atoms with Crippen molar-refractivity contribution >= 4 is 39.6 Å². The molecule has 0 radical (unpaired) electrons. The van der Waals surface area contributed by atoms with Gasteiger partial charge in [-0.3, -0.25) is 15.4 Å².